The smallest absolute Gasteiger partial charge is 0.220 e. The van der Waals surface area contributed by atoms with Crippen molar-refractivity contribution < 1.29 is 9.90 Å². The highest BCUT2D eigenvalue weighted by molar-refractivity contribution is 5.75. The zero-order chi connectivity index (χ0) is 10.2. The highest BCUT2D eigenvalue weighted by Gasteiger charge is 2.15. The van der Waals surface area contributed by atoms with E-state index in [1.165, 1.54) is 25.7 Å². The quantitative estimate of drug-likeness (QED) is 0.636. The molecule has 0 saturated heterocycles. The zero-order valence-corrected chi connectivity index (χ0v) is 8.80. The summed E-state index contributed by atoms with van der Waals surface area (Å²) in [6.45, 7) is 1.05. The van der Waals surface area contributed by atoms with Gasteiger partial charge in [-0.1, -0.05) is 12.8 Å². The molecule has 3 nitrogen and oxygen atoms in total. The molecule has 0 aromatic heterocycles. The van der Waals surface area contributed by atoms with Crippen LogP contribution in [0.4, 0.5) is 0 Å². The molecule has 82 valence electrons. The minimum atomic E-state index is 0.144. The van der Waals surface area contributed by atoms with Gasteiger partial charge in [0.05, 0.1) is 0 Å². The number of nitrogens with one attached hydrogen (secondary N) is 1. The Bertz CT molecular complexity index is 165. The van der Waals surface area contributed by atoms with E-state index in [1.807, 2.05) is 0 Å². The van der Waals surface area contributed by atoms with E-state index in [1.54, 1.807) is 0 Å². The van der Waals surface area contributed by atoms with Gasteiger partial charge < -0.3 is 10.4 Å². The zero-order valence-electron chi connectivity index (χ0n) is 8.80. The van der Waals surface area contributed by atoms with Crippen LogP contribution >= 0.6 is 0 Å². The Morgan fingerprint density at radius 2 is 2.00 bits per heavy atom. The maximum atomic E-state index is 11.3. The first kappa shape index (κ1) is 11.5. The Morgan fingerprint density at radius 3 is 2.64 bits per heavy atom. The van der Waals surface area contributed by atoms with Crippen LogP contribution in [0.2, 0.25) is 0 Å². The predicted octanol–water partition coefficient (Wildman–Crippen LogP) is 1.46. The highest BCUT2D eigenvalue weighted by atomic mass is 16.2. The van der Waals surface area contributed by atoms with Crippen molar-refractivity contribution in [3.8, 4) is 0 Å². The molecule has 0 spiro atoms. The second kappa shape index (κ2) is 6.82. The summed E-state index contributed by atoms with van der Waals surface area (Å²) in [5.41, 5.74) is 0. The maximum absolute atomic E-state index is 11.3. The largest absolute Gasteiger partial charge is 0.396 e. The third-order valence-corrected chi connectivity index (χ3v) is 2.87. The van der Waals surface area contributed by atoms with Gasteiger partial charge >= 0.3 is 0 Å². The monoisotopic (exact) mass is 199 g/mol. The van der Waals surface area contributed by atoms with Crippen molar-refractivity contribution in [2.75, 3.05) is 13.2 Å². The summed E-state index contributed by atoms with van der Waals surface area (Å²) in [7, 11) is 0. The number of amides is 1. The van der Waals surface area contributed by atoms with E-state index in [0.29, 0.717) is 6.42 Å². The van der Waals surface area contributed by atoms with Gasteiger partial charge in [-0.2, -0.15) is 0 Å². The van der Waals surface area contributed by atoms with Gasteiger partial charge in [0.2, 0.25) is 5.91 Å². The van der Waals surface area contributed by atoms with Gasteiger partial charge in [-0.15, -0.1) is 0 Å². The van der Waals surface area contributed by atoms with E-state index in [0.717, 1.165) is 25.3 Å². The van der Waals surface area contributed by atoms with Crippen LogP contribution in [0.5, 0.6) is 0 Å². The van der Waals surface area contributed by atoms with Crippen molar-refractivity contribution >= 4 is 5.91 Å². The molecule has 1 rings (SSSR count). The topological polar surface area (TPSA) is 49.3 Å². The number of unbranched alkanes of at least 4 members (excludes halogenated alkanes) is 1. The van der Waals surface area contributed by atoms with Crippen LogP contribution < -0.4 is 5.32 Å². The van der Waals surface area contributed by atoms with Crippen molar-refractivity contribution in [2.24, 2.45) is 5.92 Å². The molecule has 0 aliphatic heterocycles. The summed E-state index contributed by atoms with van der Waals surface area (Å²) >= 11 is 0. The molecule has 0 atom stereocenters. The Balaban J connectivity index is 1.96. The molecule has 1 fully saturated rings. The van der Waals surface area contributed by atoms with E-state index in [2.05, 4.69) is 5.32 Å². The lowest BCUT2D eigenvalue weighted by Gasteiger charge is -2.10. The van der Waals surface area contributed by atoms with Crippen molar-refractivity contribution in [1.82, 2.24) is 5.32 Å². The van der Waals surface area contributed by atoms with Gasteiger partial charge in [-0.3, -0.25) is 4.79 Å². The number of aliphatic hydroxyl groups is 1. The first-order valence-electron chi connectivity index (χ1n) is 5.70. The number of hydrogen-bond donors (Lipinski definition) is 2. The molecule has 1 amide bonds. The number of hydrogen-bond acceptors (Lipinski definition) is 2. The minimum absolute atomic E-state index is 0.144. The van der Waals surface area contributed by atoms with E-state index in [-0.39, 0.29) is 12.5 Å². The molecule has 0 heterocycles. The Morgan fingerprint density at radius 1 is 1.29 bits per heavy atom. The lowest BCUT2D eigenvalue weighted by Crippen LogP contribution is -2.28. The molecule has 14 heavy (non-hydrogen) atoms. The normalized spacial score (nSPS) is 17.2. The van der Waals surface area contributed by atoms with E-state index in [4.69, 9.17) is 5.11 Å². The second-order valence-corrected chi connectivity index (χ2v) is 4.14. The summed E-state index contributed by atoms with van der Waals surface area (Å²) in [4.78, 5) is 11.3. The van der Waals surface area contributed by atoms with Crippen molar-refractivity contribution in [3.05, 3.63) is 0 Å². The lowest BCUT2D eigenvalue weighted by molar-refractivity contribution is -0.121. The lowest BCUT2D eigenvalue weighted by atomic mass is 10.1. The molecule has 1 saturated carbocycles. The summed E-state index contributed by atoms with van der Waals surface area (Å²) in [5, 5.41) is 11.5. The minimum Gasteiger partial charge on any atom is -0.396 e. The highest BCUT2D eigenvalue weighted by Crippen LogP contribution is 2.23. The molecule has 0 bridgehead atoms. The molecule has 0 aromatic carbocycles. The fourth-order valence-electron chi connectivity index (χ4n) is 1.96. The molecular formula is C11H21NO2. The molecule has 2 N–H and O–H groups in total. The van der Waals surface area contributed by atoms with Crippen molar-refractivity contribution in [2.45, 2.75) is 44.9 Å². The average Bonchev–Trinajstić information content (AvgIpc) is 2.68. The number of rotatable bonds is 6. The fourth-order valence-corrected chi connectivity index (χ4v) is 1.96. The first-order valence-corrected chi connectivity index (χ1v) is 5.70. The van der Waals surface area contributed by atoms with E-state index >= 15 is 0 Å². The SMILES string of the molecule is O=C(CCCCO)NCC1CCCC1. The Labute approximate surface area is 85.9 Å². The standard InChI is InChI=1S/C11H21NO2/c13-8-4-3-7-11(14)12-9-10-5-1-2-6-10/h10,13H,1-9H2,(H,12,14). The summed E-state index contributed by atoms with van der Waals surface area (Å²) in [6, 6.07) is 0. The summed E-state index contributed by atoms with van der Waals surface area (Å²) < 4.78 is 0. The van der Waals surface area contributed by atoms with Gasteiger partial charge in [-0.25, -0.2) is 0 Å². The van der Waals surface area contributed by atoms with Crippen LogP contribution in [0.3, 0.4) is 0 Å². The van der Waals surface area contributed by atoms with Crippen LogP contribution in [0.15, 0.2) is 0 Å². The van der Waals surface area contributed by atoms with Crippen molar-refractivity contribution in [1.29, 1.82) is 0 Å². The third-order valence-electron chi connectivity index (χ3n) is 2.87. The first-order chi connectivity index (χ1) is 6.83. The van der Waals surface area contributed by atoms with Gasteiger partial charge in [0.15, 0.2) is 0 Å². The summed E-state index contributed by atoms with van der Waals surface area (Å²) in [5.74, 6) is 0.863. The Kier molecular flexibility index (Phi) is 5.60. The van der Waals surface area contributed by atoms with Crippen LogP contribution in [0.1, 0.15) is 44.9 Å². The molecule has 0 aromatic rings. The van der Waals surface area contributed by atoms with Crippen LogP contribution in [0, 0.1) is 5.92 Å². The Hall–Kier alpha value is -0.570. The number of carbonyl (C=O) groups excluding carboxylic acids is 1. The van der Waals surface area contributed by atoms with Crippen molar-refractivity contribution in [3.63, 3.8) is 0 Å². The predicted molar refractivity (Wildman–Crippen MR) is 55.9 cm³/mol. The molecular weight excluding hydrogens is 178 g/mol. The van der Waals surface area contributed by atoms with E-state index < -0.39 is 0 Å². The van der Waals surface area contributed by atoms with Gasteiger partial charge in [0, 0.05) is 19.6 Å². The molecule has 1 aliphatic rings. The molecule has 3 heteroatoms. The van der Waals surface area contributed by atoms with Gasteiger partial charge in [0.25, 0.3) is 0 Å². The average molecular weight is 199 g/mol. The number of aliphatic hydroxyl groups excluding tert-OH is 1. The molecule has 0 radical (unpaired) electrons. The maximum Gasteiger partial charge on any atom is 0.220 e. The van der Waals surface area contributed by atoms with Crippen LogP contribution in [-0.2, 0) is 4.79 Å². The van der Waals surface area contributed by atoms with Gasteiger partial charge in [0.1, 0.15) is 0 Å². The second-order valence-electron chi connectivity index (χ2n) is 4.14. The van der Waals surface area contributed by atoms with E-state index in [9.17, 15) is 4.79 Å². The van der Waals surface area contributed by atoms with Gasteiger partial charge in [-0.05, 0) is 31.6 Å². The third kappa shape index (κ3) is 4.61. The number of carbonyl (C=O) groups is 1. The van der Waals surface area contributed by atoms with Crippen LogP contribution in [0.25, 0.3) is 0 Å². The van der Waals surface area contributed by atoms with Crippen LogP contribution in [-0.4, -0.2) is 24.2 Å². The molecule has 1 aliphatic carbocycles. The molecule has 0 unspecified atom stereocenters. The fraction of sp³-hybridized carbons (Fsp3) is 0.909. The summed E-state index contributed by atoms with van der Waals surface area (Å²) in [6.07, 6.45) is 7.29.